The Hall–Kier alpha value is -2.80. The number of rotatable bonds is 7. The smallest absolute Gasteiger partial charge is 0.274 e. The Bertz CT molecular complexity index is 925. The first-order valence-electron chi connectivity index (χ1n) is 8.55. The number of nitrogens with zero attached hydrogens (tertiary/aromatic N) is 2. The summed E-state index contributed by atoms with van der Waals surface area (Å²) in [6.07, 6.45) is 4.26. The summed E-state index contributed by atoms with van der Waals surface area (Å²) in [6.45, 7) is 2.59. The number of anilines is 1. The largest absolute Gasteiger partial charge is 0.491 e. The van der Waals surface area contributed by atoms with E-state index in [-0.39, 0.29) is 11.7 Å². The van der Waals surface area contributed by atoms with E-state index in [2.05, 4.69) is 10.3 Å². The number of amides is 1. The van der Waals surface area contributed by atoms with E-state index in [4.69, 9.17) is 4.74 Å². The molecule has 1 heterocycles. The Morgan fingerprint density at radius 2 is 1.96 bits per heavy atom. The van der Waals surface area contributed by atoms with Crippen molar-refractivity contribution in [2.45, 2.75) is 18.5 Å². The predicted octanol–water partition coefficient (Wildman–Crippen LogP) is 4.77. The number of nitrogens with one attached hydrogen (secondary N) is 1. The second-order valence-corrected chi connectivity index (χ2v) is 6.51. The zero-order valence-corrected chi connectivity index (χ0v) is 15.9. The van der Waals surface area contributed by atoms with Gasteiger partial charge in [-0.15, -0.1) is 0 Å². The van der Waals surface area contributed by atoms with E-state index in [1.807, 2.05) is 31.4 Å². The number of benzene rings is 2. The maximum absolute atomic E-state index is 13.3. The Labute approximate surface area is 161 Å². The molecule has 5 nitrogen and oxygen atoms in total. The van der Waals surface area contributed by atoms with Crippen LogP contribution in [0.5, 0.6) is 5.75 Å². The number of ether oxygens (including phenoxy) is 1. The van der Waals surface area contributed by atoms with Crippen LogP contribution in [-0.2, 0) is 0 Å². The third-order valence-electron chi connectivity index (χ3n) is 3.83. The van der Waals surface area contributed by atoms with Crippen molar-refractivity contribution in [3.8, 4) is 11.4 Å². The molecular weight excluding hydrogens is 365 g/mol. The van der Waals surface area contributed by atoms with Crippen LogP contribution in [0.2, 0.25) is 0 Å². The molecule has 1 N–H and O–H groups in total. The van der Waals surface area contributed by atoms with E-state index in [9.17, 15) is 9.18 Å². The highest BCUT2D eigenvalue weighted by atomic mass is 32.2. The SMILES string of the molecule is CCCOc1ccccc1NC(=O)c1cnc(SC)n1-c1ccc(F)cc1. The maximum Gasteiger partial charge on any atom is 0.274 e. The van der Waals surface area contributed by atoms with Crippen LogP contribution >= 0.6 is 11.8 Å². The molecule has 7 heteroatoms. The molecule has 0 radical (unpaired) electrons. The van der Waals surface area contributed by atoms with Crippen molar-refractivity contribution in [3.05, 3.63) is 66.2 Å². The molecular formula is C20H20FN3O2S. The minimum absolute atomic E-state index is 0.320. The first-order chi connectivity index (χ1) is 13.1. The Morgan fingerprint density at radius 3 is 2.67 bits per heavy atom. The van der Waals surface area contributed by atoms with Gasteiger partial charge in [-0.1, -0.05) is 30.8 Å². The minimum atomic E-state index is -0.336. The molecule has 3 aromatic rings. The van der Waals surface area contributed by atoms with Gasteiger partial charge in [-0.25, -0.2) is 9.37 Å². The number of halogens is 1. The summed E-state index contributed by atoms with van der Waals surface area (Å²) in [4.78, 5) is 17.2. The molecule has 0 aliphatic carbocycles. The van der Waals surface area contributed by atoms with Gasteiger partial charge in [0.25, 0.3) is 5.91 Å². The molecule has 0 unspecified atom stereocenters. The van der Waals surface area contributed by atoms with Gasteiger partial charge in [0, 0.05) is 5.69 Å². The summed E-state index contributed by atoms with van der Waals surface area (Å²) in [7, 11) is 0. The van der Waals surface area contributed by atoms with Crippen LogP contribution in [0.15, 0.2) is 59.9 Å². The molecule has 0 aliphatic rings. The van der Waals surface area contributed by atoms with Crippen LogP contribution in [0.3, 0.4) is 0 Å². The van der Waals surface area contributed by atoms with Crippen LogP contribution in [0.25, 0.3) is 5.69 Å². The van der Waals surface area contributed by atoms with Gasteiger partial charge in [0.2, 0.25) is 0 Å². The van der Waals surface area contributed by atoms with Crippen molar-refractivity contribution in [3.63, 3.8) is 0 Å². The topological polar surface area (TPSA) is 56.1 Å². The van der Waals surface area contributed by atoms with Gasteiger partial charge in [0.15, 0.2) is 5.16 Å². The fourth-order valence-electron chi connectivity index (χ4n) is 2.57. The van der Waals surface area contributed by atoms with Crippen LogP contribution in [0.4, 0.5) is 10.1 Å². The van der Waals surface area contributed by atoms with Crippen molar-refractivity contribution in [1.82, 2.24) is 9.55 Å². The van der Waals surface area contributed by atoms with E-state index in [1.165, 1.54) is 30.1 Å². The maximum atomic E-state index is 13.3. The highest BCUT2D eigenvalue weighted by molar-refractivity contribution is 7.98. The molecule has 3 rings (SSSR count). The summed E-state index contributed by atoms with van der Waals surface area (Å²) in [6, 6.07) is 13.2. The summed E-state index contributed by atoms with van der Waals surface area (Å²) in [5.41, 5.74) is 1.61. The van der Waals surface area contributed by atoms with Gasteiger partial charge in [0.05, 0.1) is 18.5 Å². The fourth-order valence-corrected chi connectivity index (χ4v) is 3.12. The van der Waals surface area contributed by atoms with Crippen LogP contribution < -0.4 is 10.1 Å². The number of aromatic nitrogens is 2. The summed E-state index contributed by atoms with van der Waals surface area (Å²) < 4.78 is 20.7. The lowest BCUT2D eigenvalue weighted by Gasteiger charge is -2.14. The highest BCUT2D eigenvalue weighted by Crippen LogP contribution is 2.26. The molecule has 0 fully saturated rings. The van der Waals surface area contributed by atoms with Gasteiger partial charge in [0.1, 0.15) is 17.3 Å². The van der Waals surface area contributed by atoms with Gasteiger partial charge < -0.3 is 10.1 Å². The summed E-state index contributed by atoms with van der Waals surface area (Å²) >= 11 is 1.41. The quantitative estimate of drug-likeness (QED) is 0.595. The van der Waals surface area contributed by atoms with Crippen LogP contribution in [0.1, 0.15) is 23.8 Å². The highest BCUT2D eigenvalue weighted by Gasteiger charge is 2.19. The average molecular weight is 385 g/mol. The molecule has 2 aromatic carbocycles. The second kappa shape index (κ2) is 8.73. The molecule has 140 valence electrons. The molecule has 0 atom stereocenters. The molecule has 0 saturated carbocycles. The summed E-state index contributed by atoms with van der Waals surface area (Å²) in [5, 5.41) is 3.53. The Morgan fingerprint density at radius 1 is 1.22 bits per heavy atom. The zero-order chi connectivity index (χ0) is 19.2. The molecule has 1 aromatic heterocycles. The van der Waals surface area contributed by atoms with E-state index >= 15 is 0 Å². The van der Waals surface area contributed by atoms with E-state index < -0.39 is 0 Å². The van der Waals surface area contributed by atoms with Gasteiger partial charge in [-0.2, -0.15) is 0 Å². The second-order valence-electron chi connectivity index (χ2n) is 5.74. The van der Waals surface area contributed by atoms with Crippen molar-refractivity contribution in [2.24, 2.45) is 0 Å². The number of para-hydroxylation sites is 2. The number of carbonyl (C=O) groups excluding carboxylic acids is 1. The monoisotopic (exact) mass is 385 g/mol. The van der Waals surface area contributed by atoms with Crippen molar-refractivity contribution in [1.29, 1.82) is 0 Å². The zero-order valence-electron chi connectivity index (χ0n) is 15.1. The van der Waals surface area contributed by atoms with Crippen LogP contribution in [-0.4, -0.2) is 28.3 Å². The van der Waals surface area contributed by atoms with Crippen molar-refractivity contribution in [2.75, 3.05) is 18.2 Å². The van der Waals surface area contributed by atoms with E-state index in [1.54, 1.807) is 22.8 Å². The minimum Gasteiger partial charge on any atom is -0.491 e. The first kappa shape index (κ1) is 19.0. The average Bonchev–Trinajstić information content (AvgIpc) is 3.12. The Balaban J connectivity index is 1.92. The lowest BCUT2D eigenvalue weighted by atomic mass is 10.2. The lowest BCUT2D eigenvalue weighted by molar-refractivity contribution is 0.101. The molecule has 0 spiro atoms. The van der Waals surface area contributed by atoms with Gasteiger partial charge in [-0.3, -0.25) is 9.36 Å². The Kier molecular flexibility index (Phi) is 6.13. The number of imidazole rings is 1. The molecule has 0 saturated heterocycles. The lowest BCUT2D eigenvalue weighted by Crippen LogP contribution is -2.17. The normalized spacial score (nSPS) is 10.6. The first-order valence-corrected chi connectivity index (χ1v) is 9.77. The van der Waals surface area contributed by atoms with Crippen molar-refractivity contribution >= 4 is 23.4 Å². The third-order valence-corrected chi connectivity index (χ3v) is 4.48. The number of thioether (sulfide) groups is 1. The van der Waals surface area contributed by atoms with Crippen LogP contribution in [0, 0.1) is 5.82 Å². The number of carbonyl (C=O) groups is 1. The van der Waals surface area contributed by atoms with Gasteiger partial charge in [-0.05, 0) is 49.1 Å². The van der Waals surface area contributed by atoms with E-state index in [0.29, 0.717) is 34.6 Å². The standard InChI is InChI=1S/C20H20FN3O2S/c1-3-12-26-18-7-5-4-6-16(18)23-19(25)17-13-22-20(27-2)24(17)15-10-8-14(21)9-11-15/h4-11,13H,3,12H2,1-2H3,(H,23,25). The van der Waals surface area contributed by atoms with Gasteiger partial charge >= 0.3 is 0 Å². The molecule has 27 heavy (non-hydrogen) atoms. The summed E-state index contributed by atoms with van der Waals surface area (Å²) in [5.74, 6) is -0.0390. The third kappa shape index (κ3) is 4.31. The molecule has 0 aliphatic heterocycles. The molecule has 1 amide bonds. The van der Waals surface area contributed by atoms with Crippen molar-refractivity contribution < 1.29 is 13.9 Å². The fraction of sp³-hybridized carbons (Fsp3) is 0.200. The predicted molar refractivity (Wildman–Crippen MR) is 105 cm³/mol. The van der Waals surface area contributed by atoms with E-state index in [0.717, 1.165) is 6.42 Å². The number of hydrogen-bond acceptors (Lipinski definition) is 4. The molecule has 0 bridgehead atoms. The number of hydrogen-bond donors (Lipinski definition) is 1.